The first-order valence-electron chi connectivity index (χ1n) is 17.2. The van der Waals surface area contributed by atoms with E-state index >= 15 is 0 Å². The summed E-state index contributed by atoms with van der Waals surface area (Å²) in [4.78, 5) is 5.01. The highest BCUT2D eigenvalue weighted by Crippen LogP contribution is 2.55. The monoisotopic (exact) mass is 667 g/mol. The lowest BCUT2D eigenvalue weighted by molar-refractivity contribution is -0.153. The van der Waals surface area contributed by atoms with E-state index in [1.807, 2.05) is 12.1 Å². The number of fused-ring (bicyclic) bond motifs is 4. The van der Waals surface area contributed by atoms with E-state index in [9.17, 15) is 0 Å². The molecule has 3 aromatic carbocycles. The van der Waals surface area contributed by atoms with Gasteiger partial charge >= 0.3 is 0 Å². The summed E-state index contributed by atoms with van der Waals surface area (Å²) in [6.45, 7) is 25.8. The molecular weight excluding hydrogens is 615 g/mol. The van der Waals surface area contributed by atoms with Crippen molar-refractivity contribution in [2.75, 3.05) is 6.61 Å². The second-order valence-electron chi connectivity index (χ2n) is 16.6. The third-order valence-corrected chi connectivity index (χ3v) is 20.4. The van der Waals surface area contributed by atoms with Crippen LogP contribution in [0.1, 0.15) is 82.6 Å². The van der Waals surface area contributed by atoms with Gasteiger partial charge in [0.05, 0.1) is 17.7 Å². The summed E-state index contributed by atoms with van der Waals surface area (Å²) in [5.74, 6) is -0.147. The maximum Gasteiger partial charge on any atom is 0.250 e. The van der Waals surface area contributed by atoms with Gasteiger partial charge in [0.25, 0.3) is 0 Å². The van der Waals surface area contributed by atoms with Crippen molar-refractivity contribution in [2.45, 2.75) is 115 Å². The van der Waals surface area contributed by atoms with Gasteiger partial charge in [-0.2, -0.15) is 0 Å². The lowest BCUT2D eigenvalue weighted by Gasteiger charge is -2.42. The van der Waals surface area contributed by atoms with Gasteiger partial charge in [-0.3, -0.25) is 4.98 Å². The minimum atomic E-state index is -2.10. The first-order valence-corrected chi connectivity index (χ1v) is 23.0. The largest absolute Gasteiger partial charge is 0.543 e. The lowest BCUT2D eigenvalue weighted by Crippen LogP contribution is -2.46. The molecule has 1 aromatic heterocycles. The van der Waals surface area contributed by atoms with Crippen LogP contribution in [0.2, 0.25) is 36.3 Å². The van der Waals surface area contributed by atoms with Gasteiger partial charge in [-0.05, 0) is 65.6 Å². The molecule has 4 aromatic rings. The Bertz CT molecular complexity index is 1690. The normalized spacial score (nSPS) is 23.0. The van der Waals surface area contributed by atoms with Crippen LogP contribution in [0, 0.1) is 0 Å². The van der Waals surface area contributed by atoms with Crippen molar-refractivity contribution in [1.29, 1.82) is 0 Å². The number of pyridine rings is 1. The molecule has 1 fully saturated rings. The summed E-state index contributed by atoms with van der Waals surface area (Å²) in [6, 6.07) is 27.2. The van der Waals surface area contributed by atoms with E-state index in [-0.39, 0.29) is 34.1 Å². The molecule has 0 amide bonds. The Kier molecular flexibility index (Phi) is 8.66. The van der Waals surface area contributed by atoms with Crippen LogP contribution in [0.25, 0.3) is 10.9 Å². The minimum absolute atomic E-state index is 0.0512. The number of hydrogen-bond acceptors (Lipinski definition) is 5. The van der Waals surface area contributed by atoms with Gasteiger partial charge in [0, 0.05) is 41.2 Å². The molecule has 0 bridgehead atoms. The molecule has 7 heteroatoms. The molecule has 4 atom stereocenters. The van der Waals surface area contributed by atoms with Crippen LogP contribution in [0.15, 0.2) is 85.1 Å². The van der Waals surface area contributed by atoms with E-state index in [4.69, 9.17) is 23.3 Å². The highest BCUT2D eigenvalue weighted by atomic mass is 28.4. The van der Waals surface area contributed by atoms with Gasteiger partial charge in [0.1, 0.15) is 5.75 Å². The Labute approximate surface area is 284 Å². The standard InChI is InChI=1S/C40H53NO4Si2/c1-27-32-25-41-34-23-22-30(45-47(10,11)39(5,6)7)24-31(34)35(32)33(26-42-46(8,9)38(2,3)4)37-36(27)43-40(44-37,28-18-14-12-15-19-28)29-20-16-13-17-21-29/h12-25,27,33,36-37H,26H2,1-11H3/t27-,33+,36+,37-/m1/s1. The summed E-state index contributed by atoms with van der Waals surface area (Å²) in [5, 5.41) is 1.28. The topological polar surface area (TPSA) is 49.8 Å². The molecule has 0 saturated carbocycles. The second-order valence-corrected chi connectivity index (χ2v) is 26.2. The first kappa shape index (κ1) is 34.1. The summed E-state index contributed by atoms with van der Waals surface area (Å²) in [5.41, 5.74) is 5.41. The van der Waals surface area contributed by atoms with Gasteiger partial charge in [-0.1, -0.05) is 109 Å². The van der Waals surface area contributed by atoms with Crippen molar-refractivity contribution < 1.29 is 18.3 Å². The van der Waals surface area contributed by atoms with E-state index in [0.29, 0.717) is 6.61 Å². The van der Waals surface area contributed by atoms with Crippen molar-refractivity contribution in [3.05, 3.63) is 107 Å². The van der Waals surface area contributed by atoms with Crippen molar-refractivity contribution in [3.63, 3.8) is 0 Å². The number of benzene rings is 3. The number of nitrogens with zero attached hydrogens (tertiary/aromatic N) is 1. The smallest absolute Gasteiger partial charge is 0.250 e. The zero-order valence-electron chi connectivity index (χ0n) is 30.2. The van der Waals surface area contributed by atoms with E-state index < -0.39 is 22.4 Å². The number of rotatable bonds is 7. The maximum absolute atomic E-state index is 7.39. The molecule has 0 unspecified atom stereocenters. The molecule has 1 saturated heterocycles. The molecule has 0 N–H and O–H groups in total. The van der Waals surface area contributed by atoms with Crippen LogP contribution in [0.4, 0.5) is 0 Å². The molecule has 250 valence electrons. The number of ether oxygens (including phenoxy) is 2. The average Bonchev–Trinajstić information content (AvgIpc) is 3.43. The van der Waals surface area contributed by atoms with Crippen molar-refractivity contribution in [2.24, 2.45) is 0 Å². The Balaban J connectivity index is 1.52. The zero-order valence-corrected chi connectivity index (χ0v) is 32.2. The van der Waals surface area contributed by atoms with Crippen LogP contribution < -0.4 is 4.43 Å². The summed E-state index contributed by atoms with van der Waals surface area (Å²) < 4.78 is 28.6. The van der Waals surface area contributed by atoms with Crippen molar-refractivity contribution in [3.8, 4) is 5.75 Å². The van der Waals surface area contributed by atoms with E-state index in [2.05, 4.69) is 148 Å². The first-order chi connectivity index (χ1) is 22.0. The van der Waals surface area contributed by atoms with Crippen LogP contribution in [0.3, 0.4) is 0 Å². The molecule has 0 radical (unpaired) electrons. The third-order valence-electron chi connectivity index (χ3n) is 11.5. The fourth-order valence-corrected chi connectivity index (χ4v) is 8.58. The fraction of sp³-hybridized carbons (Fsp3) is 0.475. The Morgan fingerprint density at radius 3 is 1.85 bits per heavy atom. The van der Waals surface area contributed by atoms with E-state index in [0.717, 1.165) is 27.8 Å². The predicted molar refractivity (Wildman–Crippen MR) is 197 cm³/mol. The highest BCUT2D eigenvalue weighted by Gasteiger charge is 2.57. The molecular formula is C40H53NO4Si2. The van der Waals surface area contributed by atoms with Gasteiger partial charge in [-0.15, -0.1) is 0 Å². The maximum atomic E-state index is 7.39. The quantitative estimate of drug-likeness (QED) is 0.184. The highest BCUT2D eigenvalue weighted by molar-refractivity contribution is 6.75. The van der Waals surface area contributed by atoms with Crippen LogP contribution >= 0.6 is 0 Å². The van der Waals surface area contributed by atoms with E-state index in [1.54, 1.807) is 0 Å². The second kappa shape index (κ2) is 12.0. The third kappa shape index (κ3) is 6.03. The Hall–Kier alpha value is -2.82. The molecule has 5 nitrogen and oxygen atoms in total. The molecule has 0 spiro atoms. The zero-order chi connectivity index (χ0) is 34.0. The summed E-state index contributed by atoms with van der Waals surface area (Å²) in [6.07, 6.45) is 1.64. The molecule has 2 aliphatic rings. The average molecular weight is 668 g/mol. The summed E-state index contributed by atoms with van der Waals surface area (Å²) in [7, 11) is -4.16. The SMILES string of the molecule is C[C@@H]1c2cnc3ccc(O[Si](C)(C)C(C)(C)C)cc3c2[C@H](CO[Si](C)(C)C(C)(C)C)[C@H]2OC(c3ccccc3)(c3ccccc3)O[C@H]21. The Morgan fingerprint density at radius 1 is 0.745 bits per heavy atom. The van der Waals surface area contributed by atoms with Crippen LogP contribution in [-0.2, 0) is 19.7 Å². The van der Waals surface area contributed by atoms with Crippen molar-refractivity contribution in [1.82, 2.24) is 4.98 Å². The summed E-state index contributed by atoms with van der Waals surface area (Å²) >= 11 is 0. The molecule has 6 rings (SSSR count). The molecule has 1 aliphatic heterocycles. The van der Waals surface area contributed by atoms with Gasteiger partial charge in [0.2, 0.25) is 14.1 Å². The van der Waals surface area contributed by atoms with Crippen molar-refractivity contribution >= 4 is 27.5 Å². The fourth-order valence-electron chi connectivity index (χ4n) is 6.53. The van der Waals surface area contributed by atoms with Crippen LogP contribution in [0.5, 0.6) is 5.75 Å². The predicted octanol–water partition coefficient (Wildman–Crippen LogP) is 10.5. The molecule has 1 aliphatic carbocycles. The lowest BCUT2D eigenvalue weighted by atomic mass is 9.73. The number of aromatic nitrogens is 1. The van der Waals surface area contributed by atoms with Gasteiger partial charge in [0.15, 0.2) is 8.32 Å². The van der Waals surface area contributed by atoms with Crippen LogP contribution in [-0.4, -0.2) is 40.4 Å². The minimum Gasteiger partial charge on any atom is -0.543 e. The van der Waals surface area contributed by atoms with Gasteiger partial charge in [-0.25, -0.2) is 0 Å². The molecule has 47 heavy (non-hydrogen) atoms. The molecule has 2 heterocycles. The Morgan fingerprint density at radius 2 is 1.30 bits per heavy atom. The van der Waals surface area contributed by atoms with E-state index in [1.165, 1.54) is 11.1 Å². The van der Waals surface area contributed by atoms with Gasteiger partial charge < -0.3 is 18.3 Å². The number of hydrogen-bond donors (Lipinski definition) is 0.